The van der Waals surface area contributed by atoms with Crippen LogP contribution in [0.2, 0.25) is 5.02 Å². The van der Waals surface area contributed by atoms with Gasteiger partial charge in [-0.1, -0.05) is 23.7 Å². The lowest BCUT2D eigenvalue weighted by molar-refractivity contribution is 0.388. The van der Waals surface area contributed by atoms with Gasteiger partial charge in [0.15, 0.2) is 5.11 Å². The number of rotatable bonds is 2. The number of nitrogens with one attached hydrogen (secondary N) is 1. The SMILES string of the molecule is S=C(Nc1ccccc1Cl)N1CCN(c2ncccn2)CC1. The first-order valence-electron chi connectivity index (χ1n) is 7.06. The quantitative estimate of drug-likeness (QED) is 0.852. The Bertz CT molecular complexity index is 643. The molecule has 1 aliphatic heterocycles. The summed E-state index contributed by atoms with van der Waals surface area (Å²) < 4.78 is 0. The molecule has 7 heteroatoms. The van der Waals surface area contributed by atoms with Crippen LogP contribution in [0.1, 0.15) is 0 Å². The maximum Gasteiger partial charge on any atom is 0.225 e. The van der Waals surface area contributed by atoms with Gasteiger partial charge in [0, 0.05) is 38.6 Å². The van der Waals surface area contributed by atoms with E-state index in [0.29, 0.717) is 10.1 Å². The highest BCUT2D eigenvalue weighted by Crippen LogP contribution is 2.21. The van der Waals surface area contributed by atoms with Crippen LogP contribution in [0.15, 0.2) is 42.7 Å². The van der Waals surface area contributed by atoms with E-state index in [1.54, 1.807) is 12.4 Å². The minimum atomic E-state index is 0.668. The predicted molar refractivity (Wildman–Crippen MR) is 93.5 cm³/mol. The zero-order chi connectivity index (χ0) is 15.4. The van der Waals surface area contributed by atoms with E-state index in [1.165, 1.54) is 0 Å². The third kappa shape index (κ3) is 3.45. The minimum Gasteiger partial charge on any atom is -0.345 e. The summed E-state index contributed by atoms with van der Waals surface area (Å²) in [6.07, 6.45) is 3.52. The summed E-state index contributed by atoms with van der Waals surface area (Å²) in [7, 11) is 0. The van der Waals surface area contributed by atoms with Crippen LogP contribution in [0.3, 0.4) is 0 Å². The van der Waals surface area contributed by atoms with Gasteiger partial charge in [0.05, 0.1) is 10.7 Å². The van der Waals surface area contributed by atoms with Crippen LogP contribution in [0, 0.1) is 0 Å². The molecule has 0 saturated carbocycles. The van der Waals surface area contributed by atoms with E-state index in [9.17, 15) is 0 Å². The summed E-state index contributed by atoms with van der Waals surface area (Å²) in [5, 5.41) is 4.57. The van der Waals surface area contributed by atoms with E-state index in [-0.39, 0.29) is 0 Å². The summed E-state index contributed by atoms with van der Waals surface area (Å²) in [6, 6.07) is 9.42. The van der Waals surface area contributed by atoms with Crippen molar-refractivity contribution in [1.82, 2.24) is 14.9 Å². The molecule has 3 rings (SSSR count). The Morgan fingerprint density at radius 2 is 1.73 bits per heavy atom. The summed E-state index contributed by atoms with van der Waals surface area (Å²) in [6.45, 7) is 3.34. The molecule has 1 aromatic heterocycles. The molecule has 2 heterocycles. The van der Waals surface area contributed by atoms with Gasteiger partial charge in [-0.25, -0.2) is 9.97 Å². The number of para-hydroxylation sites is 1. The maximum absolute atomic E-state index is 6.15. The summed E-state index contributed by atoms with van der Waals surface area (Å²) in [5.41, 5.74) is 0.836. The molecule has 114 valence electrons. The predicted octanol–water partition coefficient (Wildman–Crippen LogP) is 2.65. The Balaban J connectivity index is 1.57. The second kappa shape index (κ2) is 6.89. The van der Waals surface area contributed by atoms with E-state index < -0.39 is 0 Å². The number of benzene rings is 1. The fourth-order valence-electron chi connectivity index (χ4n) is 2.32. The molecule has 1 fully saturated rings. The lowest BCUT2D eigenvalue weighted by Crippen LogP contribution is -2.50. The molecule has 1 aromatic carbocycles. The molecular weight excluding hydrogens is 318 g/mol. The van der Waals surface area contributed by atoms with Crippen molar-refractivity contribution in [2.45, 2.75) is 0 Å². The normalized spacial score (nSPS) is 14.8. The molecular formula is C15H16ClN5S. The molecule has 1 N–H and O–H groups in total. The number of hydrogen-bond acceptors (Lipinski definition) is 4. The van der Waals surface area contributed by atoms with E-state index in [1.807, 2.05) is 30.3 Å². The molecule has 0 atom stereocenters. The molecule has 1 aliphatic rings. The number of anilines is 2. The standard InChI is InChI=1S/C15H16ClN5S/c16-12-4-1-2-5-13(12)19-15(22)21-10-8-20(9-11-21)14-17-6-3-7-18-14/h1-7H,8-11H2,(H,19,22). The number of piperazine rings is 1. The average Bonchev–Trinajstić information content (AvgIpc) is 2.58. The first-order chi connectivity index (χ1) is 10.7. The maximum atomic E-state index is 6.15. The lowest BCUT2D eigenvalue weighted by Gasteiger charge is -2.36. The molecule has 0 spiro atoms. The van der Waals surface area contributed by atoms with Crippen LogP contribution in [-0.2, 0) is 0 Å². The van der Waals surface area contributed by atoms with Crippen molar-refractivity contribution in [3.63, 3.8) is 0 Å². The zero-order valence-electron chi connectivity index (χ0n) is 11.9. The summed E-state index contributed by atoms with van der Waals surface area (Å²) >= 11 is 11.6. The Hall–Kier alpha value is -1.92. The Labute approximate surface area is 139 Å². The smallest absolute Gasteiger partial charge is 0.225 e. The molecule has 22 heavy (non-hydrogen) atoms. The zero-order valence-corrected chi connectivity index (χ0v) is 13.5. The highest BCUT2D eigenvalue weighted by Gasteiger charge is 2.20. The fraction of sp³-hybridized carbons (Fsp3) is 0.267. The summed E-state index contributed by atoms with van der Waals surface area (Å²) in [4.78, 5) is 12.9. The third-order valence-corrected chi connectivity index (χ3v) is 4.21. The Kier molecular flexibility index (Phi) is 4.70. The van der Waals surface area contributed by atoms with Crippen LogP contribution >= 0.6 is 23.8 Å². The first-order valence-corrected chi connectivity index (χ1v) is 7.85. The average molecular weight is 334 g/mol. The largest absolute Gasteiger partial charge is 0.345 e. The Morgan fingerprint density at radius 3 is 2.41 bits per heavy atom. The van der Waals surface area contributed by atoms with Crippen LogP contribution < -0.4 is 10.2 Å². The second-order valence-corrected chi connectivity index (χ2v) is 5.73. The molecule has 0 unspecified atom stereocenters. The number of hydrogen-bond donors (Lipinski definition) is 1. The van der Waals surface area contributed by atoms with Crippen molar-refractivity contribution >= 4 is 40.6 Å². The van der Waals surface area contributed by atoms with E-state index in [2.05, 4.69) is 25.1 Å². The molecule has 2 aromatic rings. The van der Waals surface area contributed by atoms with Crippen molar-refractivity contribution in [3.05, 3.63) is 47.7 Å². The van der Waals surface area contributed by atoms with Crippen molar-refractivity contribution in [1.29, 1.82) is 0 Å². The number of aromatic nitrogens is 2. The fourth-order valence-corrected chi connectivity index (χ4v) is 2.80. The van der Waals surface area contributed by atoms with Gasteiger partial charge in [0.25, 0.3) is 0 Å². The van der Waals surface area contributed by atoms with Crippen molar-refractivity contribution in [2.75, 3.05) is 36.4 Å². The number of halogens is 1. The van der Waals surface area contributed by atoms with Gasteiger partial charge in [-0.3, -0.25) is 0 Å². The number of thiocarbonyl (C=S) groups is 1. The lowest BCUT2D eigenvalue weighted by atomic mass is 10.3. The van der Waals surface area contributed by atoms with Gasteiger partial charge < -0.3 is 15.1 Å². The Morgan fingerprint density at radius 1 is 1.05 bits per heavy atom. The van der Waals surface area contributed by atoms with E-state index >= 15 is 0 Å². The van der Waals surface area contributed by atoms with Crippen molar-refractivity contribution in [3.8, 4) is 0 Å². The minimum absolute atomic E-state index is 0.668. The van der Waals surface area contributed by atoms with Crippen LogP contribution in [-0.4, -0.2) is 46.2 Å². The van der Waals surface area contributed by atoms with Crippen LogP contribution in [0.4, 0.5) is 11.6 Å². The molecule has 5 nitrogen and oxygen atoms in total. The molecule has 0 bridgehead atoms. The van der Waals surface area contributed by atoms with Gasteiger partial charge in [0.2, 0.25) is 5.95 Å². The molecule has 0 amide bonds. The van der Waals surface area contributed by atoms with E-state index in [0.717, 1.165) is 37.8 Å². The first kappa shape index (κ1) is 15.0. The van der Waals surface area contributed by atoms with Crippen molar-refractivity contribution < 1.29 is 0 Å². The van der Waals surface area contributed by atoms with Crippen LogP contribution in [0.5, 0.6) is 0 Å². The molecule has 0 aliphatic carbocycles. The summed E-state index contributed by atoms with van der Waals surface area (Å²) in [5.74, 6) is 0.770. The highest BCUT2D eigenvalue weighted by molar-refractivity contribution is 7.80. The van der Waals surface area contributed by atoms with Gasteiger partial charge in [-0.2, -0.15) is 0 Å². The van der Waals surface area contributed by atoms with E-state index in [4.69, 9.17) is 23.8 Å². The van der Waals surface area contributed by atoms with Gasteiger partial charge in [-0.15, -0.1) is 0 Å². The van der Waals surface area contributed by atoms with Gasteiger partial charge >= 0.3 is 0 Å². The van der Waals surface area contributed by atoms with Crippen LogP contribution in [0.25, 0.3) is 0 Å². The third-order valence-electron chi connectivity index (χ3n) is 3.52. The molecule has 1 saturated heterocycles. The number of nitrogens with zero attached hydrogens (tertiary/aromatic N) is 4. The van der Waals surface area contributed by atoms with Gasteiger partial charge in [0.1, 0.15) is 0 Å². The molecule has 0 radical (unpaired) electrons. The topological polar surface area (TPSA) is 44.3 Å². The monoisotopic (exact) mass is 333 g/mol. The highest BCUT2D eigenvalue weighted by atomic mass is 35.5. The van der Waals surface area contributed by atoms with Crippen molar-refractivity contribution in [2.24, 2.45) is 0 Å². The van der Waals surface area contributed by atoms with Gasteiger partial charge in [-0.05, 0) is 30.4 Å². The second-order valence-electron chi connectivity index (χ2n) is 4.93.